The van der Waals surface area contributed by atoms with Gasteiger partial charge in [-0.3, -0.25) is 0 Å². The normalized spacial score (nSPS) is 13.4. The van der Waals surface area contributed by atoms with Gasteiger partial charge in [0.2, 0.25) is 0 Å². The maximum Gasteiger partial charge on any atom is 0.0901 e. The maximum absolute atomic E-state index is 9.33. The van der Waals surface area contributed by atoms with E-state index in [2.05, 4.69) is 11.6 Å². The Morgan fingerprint density at radius 3 is 3.08 bits per heavy atom. The zero-order chi connectivity index (χ0) is 9.68. The lowest BCUT2D eigenvalue weighted by molar-refractivity contribution is 0.228. The molecule has 70 valence electrons. The van der Waals surface area contributed by atoms with Gasteiger partial charge in [0.25, 0.3) is 0 Å². The molecule has 0 aliphatic heterocycles. The predicted octanol–water partition coefficient (Wildman–Crippen LogP) is 2.40. The molecule has 0 bridgehead atoms. The number of aryl methyl sites for hydroxylation is 1. The Hall–Kier alpha value is -0.930. The SMILES string of the molecule is C=CC[C@H](O)/C=C/c1csc(C)n1. The van der Waals surface area contributed by atoms with Gasteiger partial charge in [0.1, 0.15) is 0 Å². The van der Waals surface area contributed by atoms with E-state index in [9.17, 15) is 5.11 Å². The van der Waals surface area contributed by atoms with Gasteiger partial charge < -0.3 is 5.11 Å². The second-order valence-corrected chi connectivity index (χ2v) is 3.80. The van der Waals surface area contributed by atoms with Crippen molar-refractivity contribution >= 4 is 17.4 Å². The Morgan fingerprint density at radius 2 is 2.54 bits per heavy atom. The average molecular weight is 195 g/mol. The highest BCUT2D eigenvalue weighted by molar-refractivity contribution is 7.09. The maximum atomic E-state index is 9.33. The fraction of sp³-hybridized carbons (Fsp3) is 0.300. The van der Waals surface area contributed by atoms with Crippen molar-refractivity contribution in [1.82, 2.24) is 4.98 Å². The minimum absolute atomic E-state index is 0.445. The van der Waals surface area contributed by atoms with Gasteiger partial charge in [-0.2, -0.15) is 0 Å². The highest BCUT2D eigenvalue weighted by Crippen LogP contribution is 2.09. The highest BCUT2D eigenvalue weighted by atomic mass is 32.1. The van der Waals surface area contributed by atoms with E-state index in [4.69, 9.17) is 0 Å². The zero-order valence-electron chi connectivity index (χ0n) is 7.60. The highest BCUT2D eigenvalue weighted by Gasteiger charge is 1.96. The van der Waals surface area contributed by atoms with Crippen LogP contribution in [0.2, 0.25) is 0 Å². The van der Waals surface area contributed by atoms with E-state index in [1.54, 1.807) is 23.5 Å². The summed E-state index contributed by atoms with van der Waals surface area (Å²) >= 11 is 1.61. The van der Waals surface area contributed by atoms with Crippen LogP contribution >= 0.6 is 11.3 Å². The van der Waals surface area contributed by atoms with Crippen molar-refractivity contribution in [3.05, 3.63) is 34.8 Å². The van der Waals surface area contributed by atoms with Gasteiger partial charge in [0.15, 0.2) is 0 Å². The summed E-state index contributed by atoms with van der Waals surface area (Å²) in [6.45, 7) is 5.51. The lowest BCUT2D eigenvalue weighted by Crippen LogP contribution is -1.98. The standard InChI is InChI=1S/C10H13NOS/c1-3-4-10(12)6-5-9-7-13-8(2)11-9/h3,5-7,10,12H,1,4H2,2H3/b6-5+/t10-/m0/s1. The van der Waals surface area contributed by atoms with Crippen LogP contribution in [0, 0.1) is 6.92 Å². The smallest absolute Gasteiger partial charge is 0.0901 e. The number of hydrogen-bond donors (Lipinski definition) is 1. The summed E-state index contributed by atoms with van der Waals surface area (Å²) in [6, 6.07) is 0. The van der Waals surface area contributed by atoms with Crippen molar-refractivity contribution in [1.29, 1.82) is 0 Å². The van der Waals surface area contributed by atoms with Crippen LogP contribution in [0.3, 0.4) is 0 Å². The van der Waals surface area contributed by atoms with E-state index in [0.29, 0.717) is 6.42 Å². The number of aromatic nitrogens is 1. The van der Waals surface area contributed by atoms with E-state index in [0.717, 1.165) is 10.7 Å². The van der Waals surface area contributed by atoms with Crippen LogP contribution in [0.25, 0.3) is 6.08 Å². The molecule has 0 saturated carbocycles. The topological polar surface area (TPSA) is 33.1 Å². The first-order chi connectivity index (χ1) is 6.22. The quantitative estimate of drug-likeness (QED) is 0.748. The number of hydrogen-bond acceptors (Lipinski definition) is 3. The minimum atomic E-state index is -0.445. The van der Waals surface area contributed by atoms with Gasteiger partial charge in [-0.25, -0.2) is 4.98 Å². The van der Waals surface area contributed by atoms with Crippen LogP contribution in [-0.2, 0) is 0 Å². The number of aliphatic hydroxyl groups is 1. The second kappa shape index (κ2) is 4.94. The van der Waals surface area contributed by atoms with Gasteiger partial charge in [-0.05, 0) is 19.4 Å². The van der Waals surface area contributed by atoms with Gasteiger partial charge in [-0.15, -0.1) is 17.9 Å². The number of rotatable bonds is 4. The first kappa shape index (κ1) is 10.2. The minimum Gasteiger partial charge on any atom is -0.389 e. The molecule has 2 nitrogen and oxygen atoms in total. The molecule has 0 aromatic carbocycles. The Bertz CT molecular complexity index is 304. The molecular formula is C10H13NOS. The van der Waals surface area contributed by atoms with Crippen molar-refractivity contribution in [3.8, 4) is 0 Å². The Labute approximate surface area is 82.3 Å². The monoisotopic (exact) mass is 195 g/mol. The molecule has 13 heavy (non-hydrogen) atoms. The molecule has 1 aromatic heterocycles. The zero-order valence-corrected chi connectivity index (χ0v) is 8.42. The molecule has 0 saturated heterocycles. The molecule has 0 radical (unpaired) electrons. The fourth-order valence-corrected chi connectivity index (χ4v) is 1.50. The average Bonchev–Trinajstić information content (AvgIpc) is 2.49. The van der Waals surface area contributed by atoms with Crippen LogP contribution in [-0.4, -0.2) is 16.2 Å². The predicted molar refractivity (Wildman–Crippen MR) is 56.7 cm³/mol. The van der Waals surface area contributed by atoms with Crippen LogP contribution in [0.1, 0.15) is 17.1 Å². The van der Waals surface area contributed by atoms with Crippen molar-refractivity contribution in [3.63, 3.8) is 0 Å². The van der Waals surface area contributed by atoms with Crippen LogP contribution in [0.4, 0.5) is 0 Å². The summed E-state index contributed by atoms with van der Waals surface area (Å²) in [5, 5.41) is 12.3. The summed E-state index contributed by atoms with van der Waals surface area (Å²) in [5.41, 5.74) is 0.908. The van der Waals surface area contributed by atoms with E-state index < -0.39 is 6.10 Å². The molecule has 0 aliphatic rings. The summed E-state index contributed by atoms with van der Waals surface area (Å²) in [6.07, 6.45) is 5.40. The molecule has 0 aliphatic carbocycles. The Kier molecular flexibility index (Phi) is 3.86. The van der Waals surface area contributed by atoms with Crippen molar-refractivity contribution in [2.45, 2.75) is 19.4 Å². The summed E-state index contributed by atoms with van der Waals surface area (Å²) in [4.78, 5) is 4.24. The molecule has 1 atom stereocenters. The largest absolute Gasteiger partial charge is 0.389 e. The number of thiazole rings is 1. The van der Waals surface area contributed by atoms with E-state index in [-0.39, 0.29) is 0 Å². The molecule has 1 heterocycles. The molecule has 0 amide bonds. The third-order valence-corrected chi connectivity index (χ3v) is 2.33. The molecule has 3 heteroatoms. The summed E-state index contributed by atoms with van der Waals surface area (Å²) in [5.74, 6) is 0. The van der Waals surface area contributed by atoms with Gasteiger partial charge in [0.05, 0.1) is 16.8 Å². The first-order valence-electron chi connectivity index (χ1n) is 4.11. The van der Waals surface area contributed by atoms with Crippen LogP contribution in [0.5, 0.6) is 0 Å². The van der Waals surface area contributed by atoms with E-state index >= 15 is 0 Å². The molecule has 0 unspecified atom stereocenters. The summed E-state index contributed by atoms with van der Waals surface area (Å²) < 4.78 is 0. The third kappa shape index (κ3) is 3.53. The fourth-order valence-electron chi connectivity index (χ4n) is 0.916. The third-order valence-electron chi connectivity index (χ3n) is 1.53. The number of nitrogens with zero attached hydrogens (tertiary/aromatic N) is 1. The molecule has 0 spiro atoms. The molecular weight excluding hydrogens is 182 g/mol. The Morgan fingerprint density at radius 1 is 1.77 bits per heavy atom. The first-order valence-corrected chi connectivity index (χ1v) is 4.99. The van der Waals surface area contributed by atoms with Gasteiger partial charge in [-0.1, -0.05) is 12.2 Å². The van der Waals surface area contributed by atoms with Crippen molar-refractivity contribution < 1.29 is 5.11 Å². The lowest BCUT2D eigenvalue weighted by Gasteiger charge is -1.97. The van der Waals surface area contributed by atoms with Gasteiger partial charge in [0, 0.05) is 5.38 Å². The molecule has 1 N–H and O–H groups in total. The Balaban J connectivity index is 2.52. The van der Waals surface area contributed by atoms with E-state index in [1.165, 1.54) is 0 Å². The summed E-state index contributed by atoms with van der Waals surface area (Å²) in [7, 11) is 0. The second-order valence-electron chi connectivity index (χ2n) is 2.74. The lowest BCUT2D eigenvalue weighted by atomic mass is 10.2. The molecule has 0 fully saturated rings. The number of aliphatic hydroxyl groups excluding tert-OH is 1. The van der Waals surface area contributed by atoms with Crippen LogP contribution in [0.15, 0.2) is 24.1 Å². The van der Waals surface area contributed by atoms with Crippen molar-refractivity contribution in [2.75, 3.05) is 0 Å². The molecule has 1 rings (SSSR count). The molecule has 1 aromatic rings. The van der Waals surface area contributed by atoms with E-state index in [1.807, 2.05) is 18.4 Å². The van der Waals surface area contributed by atoms with Gasteiger partial charge >= 0.3 is 0 Å². The van der Waals surface area contributed by atoms with Crippen molar-refractivity contribution in [2.24, 2.45) is 0 Å². The van der Waals surface area contributed by atoms with Crippen LogP contribution < -0.4 is 0 Å².